The number of nitrogens with two attached hydrogens (primary N) is 1. The van der Waals surface area contributed by atoms with Gasteiger partial charge in [-0.1, -0.05) is 12.5 Å². The van der Waals surface area contributed by atoms with Crippen LogP contribution < -0.4 is 10.5 Å². The number of nitrogens with zero attached hydrogens (tertiary/aromatic N) is 1. The van der Waals surface area contributed by atoms with E-state index in [1.165, 1.54) is 30.4 Å². The van der Waals surface area contributed by atoms with Gasteiger partial charge in [0.25, 0.3) is 0 Å². The first-order valence-electron chi connectivity index (χ1n) is 7.71. The maximum Gasteiger partial charge on any atom is 0.119 e. The van der Waals surface area contributed by atoms with Crippen LogP contribution in [-0.4, -0.2) is 37.7 Å². The van der Waals surface area contributed by atoms with Crippen LogP contribution in [0.4, 0.5) is 0 Å². The van der Waals surface area contributed by atoms with Crippen LogP contribution in [0.5, 0.6) is 5.75 Å². The zero-order valence-corrected chi connectivity index (χ0v) is 13.1. The molecule has 0 spiro atoms. The lowest BCUT2D eigenvalue weighted by molar-refractivity contribution is 0.165. The van der Waals surface area contributed by atoms with Crippen LogP contribution in [-0.2, 0) is 0 Å². The Morgan fingerprint density at radius 1 is 1.20 bits per heavy atom. The second-order valence-corrected chi connectivity index (χ2v) is 6.15. The summed E-state index contributed by atoms with van der Waals surface area (Å²) in [6.45, 7) is 6.74. The van der Waals surface area contributed by atoms with E-state index in [1.807, 2.05) is 0 Å². The summed E-state index contributed by atoms with van der Waals surface area (Å²) in [6.07, 6.45) is 3.88. The lowest BCUT2D eigenvalue weighted by Gasteiger charge is -2.29. The number of aryl methyl sites for hydroxylation is 2. The van der Waals surface area contributed by atoms with Crippen molar-refractivity contribution in [3.63, 3.8) is 0 Å². The number of rotatable bonds is 6. The fourth-order valence-corrected chi connectivity index (χ4v) is 3.36. The molecule has 1 aromatic rings. The first-order chi connectivity index (χ1) is 9.60. The van der Waals surface area contributed by atoms with E-state index in [0.29, 0.717) is 12.0 Å². The Morgan fingerprint density at radius 2 is 1.90 bits per heavy atom. The highest BCUT2D eigenvalue weighted by molar-refractivity contribution is 5.32. The van der Waals surface area contributed by atoms with E-state index >= 15 is 0 Å². The molecule has 0 aliphatic heterocycles. The molecule has 2 rings (SSSR count). The molecule has 20 heavy (non-hydrogen) atoms. The molecule has 0 heterocycles. The number of likely N-dealkylation sites (N-methyl/N-ethyl adjacent to an activating group) is 1. The van der Waals surface area contributed by atoms with Gasteiger partial charge in [0.2, 0.25) is 0 Å². The summed E-state index contributed by atoms with van der Waals surface area (Å²) in [5.41, 5.74) is 8.37. The van der Waals surface area contributed by atoms with E-state index in [-0.39, 0.29) is 0 Å². The molecule has 2 atom stereocenters. The predicted octanol–water partition coefficient (Wildman–Crippen LogP) is 2.74. The molecule has 112 valence electrons. The highest BCUT2D eigenvalue weighted by atomic mass is 16.5. The Hall–Kier alpha value is -1.06. The summed E-state index contributed by atoms with van der Waals surface area (Å²) in [6, 6.07) is 7.02. The Balaban J connectivity index is 1.80. The van der Waals surface area contributed by atoms with Gasteiger partial charge in [-0.05, 0) is 69.5 Å². The van der Waals surface area contributed by atoms with Crippen LogP contribution in [0.2, 0.25) is 0 Å². The molecule has 1 aliphatic rings. The van der Waals surface area contributed by atoms with Gasteiger partial charge >= 0.3 is 0 Å². The third-order valence-corrected chi connectivity index (χ3v) is 4.40. The van der Waals surface area contributed by atoms with Crippen molar-refractivity contribution in [3.05, 3.63) is 29.3 Å². The smallest absolute Gasteiger partial charge is 0.119 e. The second-order valence-electron chi connectivity index (χ2n) is 6.15. The molecule has 0 amide bonds. The van der Waals surface area contributed by atoms with Gasteiger partial charge in [-0.2, -0.15) is 0 Å². The topological polar surface area (TPSA) is 38.5 Å². The predicted molar refractivity (Wildman–Crippen MR) is 84.2 cm³/mol. The van der Waals surface area contributed by atoms with Crippen LogP contribution in [0, 0.1) is 19.8 Å². The van der Waals surface area contributed by atoms with E-state index in [0.717, 1.165) is 25.4 Å². The van der Waals surface area contributed by atoms with E-state index in [4.69, 9.17) is 10.5 Å². The lowest BCUT2D eigenvalue weighted by atomic mass is 10.0. The van der Waals surface area contributed by atoms with Gasteiger partial charge in [0, 0.05) is 12.6 Å². The van der Waals surface area contributed by atoms with E-state index in [9.17, 15) is 0 Å². The van der Waals surface area contributed by atoms with Gasteiger partial charge in [0.05, 0.1) is 0 Å². The van der Waals surface area contributed by atoms with Crippen molar-refractivity contribution in [3.8, 4) is 5.75 Å². The zero-order valence-electron chi connectivity index (χ0n) is 13.1. The molecule has 0 saturated heterocycles. The average Bonchev–Trinajstić information content (AvgIpc) is 2.85. The Bertz CT molecular complexity index is 413. The minimum Gasteiger partial charge on any atom is -0.492 e. The average molecular weight is 276 g/mol. The first kappa shape index (κ1) is 15.3. The number of ether oxygens (including phenoxy) is 1. The Morgan fingerprint density at radius 3 is 2.55 bits per heavy atom. The fourth-order valence-electron chi connectivity index (χ4n) is 3.36. The van der Waals surface area contributed by atoms with Crippen LogP contribution in [0.15, 0.2) is 18.2 Å². The standard InChI is InChI=1S/C17H28N2O/c1-13-9-14(2)11-16(10-13)20-8-7-19(3)17-6-4-5-15(17)12-18/h9-11,15,17H,4-8,12,18H2,1-3H3. The third kappa shape index (κ3) is 3.97. The Kier molecular flexibility index (Phi) is 5.44. The van der Waals surface area contributed by atoms with Crippen LogP contribution in [0.25, 0.3) is 0 Å². The van der Waals surface area contributed by atoms with Crippen molar-refractivity contribution in [2.45, 2.75) is 39.2 Å². The highest BCUT2D eigenvalue weighted by Crippen LogP contribution is 2.28. The summed E-state index contributed by atoms with van der Waals surface area (Å²) < 4.78 is 5.89. The van der Waals surface area contributed by atoms with Crippen molar-refractivity contribution < 1.29 is 4.74 Å². The maximum atomic E-state index is 5.89. The van der Waals surface area contributed by atoms with Gasteiger partial charge in [-0.15, -0.1) is 0 Å². The molecule has 1 aliphatic carbocycles. The maximum absolute atomic E-state index is 5.89. The van der Waals surface area contributed by atoms with Gasteiger partial charge in [0.15, 0.2) is 0 Å². The fraction of sp³-hybridized carbons (Fsp3) is 0.647. The summed E-state index contributed by atoms with van der Waals surface area (Å²) in [5, 5.41) is 0. The molecular weight excluding hydrogens is 248 g/mol. The van der Waals surface area contributed by atoms with Gasteiger partial charge in [-0.3, -0.25) is 4.90 Å². The third-order valence-electron chi connectivity index (χ3n) is 4.40. The quantitative estimate of drug-likeness (QED) is 0.868. The van der Waals surface area contributed by atoms with Crippen molar-refractivity contribution in [2.75, 3.05) is 26.7 Å². The van der Waals surface area contributed by atoms with Crippen molar-refractivity contribution in [1.82, 2.24) is 4.90 Å². The molecule has 1 fully saturated rings. The van der Waals surface area contributed by atoms with Crippen molar-refractivity contribution >= 4 is 0 Å². The van der Waals surface area contributed by atoms with Crippen molar-refractivity contribution in [1.29, 1.82) is 0 Å². The molecule has 3 heteroatoms. The number of hydrogen-bond donors (Lipinski definition) is 1. The molecule has 3 nitrogen and oxygen atoms in total. The van der Waals surface area contributed by atoms with Crippen LogP contribution >= 0.6 is 0 Å². The molecule has 1 saturated carbocycles. The number of benzene rings is 1. The van der Waals surface area contributed by atoms with Crippen LogP contribution in [0.3, 0.4) is 0 Å². The monoisotopic (exact) mass is 276 g/mol. The molecule has 0 bridgehead atoms. The SMILES string of the molecule is Cc1cc(C)cc(OCCN(C)C2CCCC2CN)c1. The summed E-state index contributed by atoms with van der Waals surface area (Å²) in [5.74, 6) is 1.65. The molecule has 2 unspecified atom stereocenters. The van der Waals surface area contributed by atoms with Gasteiger partial charge < -0.3 is 10.5 Å². The highest BCUT2D eigenvalue weighted by Gasteiger charge is 2.28. The molecular formula is C17H28N2O. The molecule has 0 aromatic heterocycles. The first-order valence-corrected chi connectivity index (χ1v) is 7.71. The molecule has 0 radical (unpaired) electrons. The summed E-state index contributed by atoms with van der Waals surface area (Å²) in [4.78, 5) is 2.42. The minimum absolute atomic E-state index is 0.642. The number of hydrogen-bond acceptors (Lipinski definition) is 3. The van der Waals surface area contributed by atoms with E-state index in [1.54, 1.807) is 0 Å². The van der Waals surface area contributed by atoms with E-state index in [2.05, 4.69) is 44.0 Å². The normalized spacial score (nSPS) is 22.4. The van der Waals surface area contributed by atoms with Crippen LogP contribution in [0.1, 0.15) is 30.4 Å². The molecule has 1 aromatic carbocycles. The van der Waals surface area contributed by atoms with Crippen molar-refractivity contribution in [2.24, 2.45) is 11.7 Å². The lowest BCUT2D eigenvalue weighted by Crippen LogP contribution is -2.39. The second kappa shape index (κ2) is 7.09. The molecule has 2 N–H and O–H groups in total. The minimum atomic E-state index is 0.642. The van der Waals surface area contributed by atoms with Gasteiger partial charge in [-0.25, -0.2) is 0 Å². The largest absolute Gasteiger partial charge is 0.492 e. The Labute approximate surface area is 123 Å². The van der Waals surface area contributed by atoms with E-state index < -0.39 is 0 Å². The zero-order chi connectivity index (χ0) is 14.5. The summed E-state index contributed by atoms with van der Waals surface area (Å²) >= 11 is 0. The van der Waals surface area contributed by atoms with Gasteiger partial charge in [0.1, 0.15) is 12.4 Å². The summed E-state index contributed by atoms with van der Waals surface area (Å²) in [7, 11) is 2.20.